The molecule has 0 radical (unpaired) electrons. The lowest BCUT2D eigenvalue weighted by atomic mass is 9.89. The Labute approximate surface area is 142 Å². The van der Waals surface area contributed by atoms with Crippen molar-refractivity contribution in [1.82, 2.24) is 15.6 Å². The van der Waals surface area contributed by atoms with Gasteiger partial charge in [0, 0.05) is 23.7 Å². The van der Waals surface area contributed by atoms with E-state index in [0.717, 1.165) is 29.4 Å². The minimum absolute atomic E-state index is 0. The summed E-state index contributed by atoms with van der Waals surface area (Å²) >= 11 is 0. The Morgan fingerprint density at radius 2 is 2.00 bits per heavy atom. The number of carbonyl (C=O) groups excluding carboxylic acids is 1. The smallest absolute Gasteiger partial charge is 0.224 e. The lowest BCUT2D eigenvalue weighted by molar-refractivity contribution is -0.124. The Balaban J connectivity index is 0.00000156. The molecule has 5 heteroatoms. The molecule has 1 aliphatic heterocycles. The van der Waals surface area contributed by atoms with E-state index in [1.807, 2.05) is 18.3 Å². The third-order valence-corrected chi connectivity index (χ3v) is 5.18. The van der Waals surface area contributed by atoms with Gasteiger partial charge in [0.05, 0.1) is 5.54 Å². The van der Waals surface area contributed by atoms with E-state index in [-0.39, 0.29) is 29.8 Å². The number of rotatable bonds is 3. The molecule has 1 aliphatic carbocycles. The van der Waals surface area contributed by atoms with Gasteiger partial charge in [0.25, 0.3) is 0 Å². The minimum Gasteiger partial charge on any atom is -0.347 e. The van der Waals surface area contributed by atoms with Gasteiger partial charge in [0.1, 0.15) is 0 Å². The number of benzene rings is 1. The number of carbonyl (C=O) groups is 1. The fraction of sp³-hybridized carbons (Fsp3) is 0.444. The number of nitrogens with zero attached hydrogens (tertiary/aromatic N) is 1. The summed E-state index contributed by atoms with van der Waals surface area (Å²) < 4.78 is 0. The van der Waals surface area contributed by atoms with Crippen molar-refractivity contribution in [3.05, 3.63) is 42.2 Å². The maximum atomic E-state index is 12.6. The summed E-state index contributed by atoms with van der Waals surface area (Å²) in [6.45, 7) is 6.14. The third-order valence-electron chi connectivity index (χ3n) is 5.18. The highest BCUT2D eigenvalue weighted by molar-refractivity contribution is 5.88. The Morgan fingerprint density at radius 3 is 2.74 bits per heavy atom. The fourth-order valence-corrected chi connectivity index (χ4v) is 3.93. The van der Waals surface area contributed by atoms with Gasteiger partial charge in [-0.25, -0.2) is 0 Å². The largest absolute Gasteiger partial charge is 0.347 e. The summed E-state index contributed by atoms with van der Waals surface area (Å²) in [6, 6.07) is 8.20. The Bertz CT molecular complexity index is 731. The van der Waals surface area contributed by atoms with Crippen LogP contribution in [-0.4, -0.2) is 24.0 Å². The average molecular weight is 332 g/mol. The third kappa shape index (κ3) is 2.70. The second-order valence-corrected chi connectivity index (χ2v) is 7.03. The zero-order chi connectivity index (χ0) is 15.3. The summed E-state index contributed by atoms with van der Waals surface area (Å²) in [6.07, 6.45) is 3.67. The molecule has 0 bridgehead atoms. The molecule has 2 fully saturated rings. The molecule has 1 saturated carbocycles. The van der Waals surface area contributed by atoms with Gasteiger partial charge in [-0.15, -0.1) is 12.4 Å². The quantitative estimate of drug-likeness (QED) is 0.908. The molecule has 1 aromatic heterocycles. The van der Waals surface area contributed by atoms with E-state index < -0.39 is 0 Å². The van der Waals surface area contributed by atoms with Crippen LogP contribution in [0.3, 0.4) is 0 Å². The van der Waals surface area contributed by atoms with Crippen LogP contribution < -0.4 is 10.6 Å². The van der Waals surface area contributed by atoms with Crippen LogP contribution in [0.5, 0.6) is 0 Å². The van der Waals surface area contributed by atoms with Crippen molar-refractivity contribution >= 4 is 29.1 Å². The van der Waals surface area contributed by atoms with E-state index in [1.165, 1.54) is 0 Å². The van der Waals surface area contributed by atoms with E-state index in [4.69, 9.17) is 0 Å². The average Bonchev–Trinajstić information content (AvgIpc) is 3.00. The molecule has 2 heterocycles. The first kappa shape index (κ1) is 16.2. The van der Waals surface area contributed by atoms with Crippen molar-refractivity contribution in [3.63, 3.8) is 0 Å². The number of pyridine rings is 1. The summed E-state index contributed by atoms with van der Waals surface area (Å²) in [5.74, 6) is 1.50. The number of fused-ring (bicyclic) bond motifs is 2. The number of hydrogen-bond acceptors (Lipinski definition) is 3. The molecule has 4 rings (SSSR count). The molecule has 4 nitrogen and oxygen atoms in total. The number of nitrogens with one attached hydrogen (secondary N) is 2. The lowest BCUT2D eigenvalue weighted by Crippen LogP contribution is -2.43. The summed E-state index contributed by atoms with van der Waals surface area (Å²) in [4.78, 5) is 16.8. The molecule has 1 aromatic carbocycles. The van der Waals surface area contributed by atoms with Gasteiger partial charge in [0.2, 0.25) is 5.91 Å². The van der Waals surface area contributed by atoms with Gasteiger partial charge >= 0.3 is 0 Å². The zero-order valence-electron chi connectivity index (χ0n) is 13.4. The topological polar surface area (TPSA) is 54.0 Å². The second-order valence-electron chi connectivity index (χ2n) is 7.03. The van der Waals surface area contributed by atoms with Gasteiger partial charge in [0.15, 0.2) is 0 Å². The molecular weight excluding hydrogens is 310 g/mol. The minimum atomic E-state index is -0.387. The molecule has 23 heavy (non-hydrogen) atoms. The van der Waals surface area contributed by atoms with Crippen molar-refractivity contribution < 1.29 is 4.79 Å². The molecule has 1 unspecified atom stereocenters. The van der Waals surface area contributed by atoms with Crippen molar-refractivity contribution in [2.75, 3.05) is 13.1 Å². The molecular formula is C18H22ClN3O. The van der Waals surface area contributed by atoms with E-state index in [2.05, 4.69) is 41.6 Å². The molecule has 1 saturated heterocycles. The second kappa shape index (κ2) is 5.77. The van der Waals surface area contributed by atoms with Crippen LogP contribution in [0.1, 0.15) is 19.4 Å². The van der Waals surface area contributed by atoms with Crippen LogP contribution in [0.2, 0.25) is 0 Å². The Kier molecular flexibility index (Phi) is 4.07. The van der Waals surface area contributed by atoms with Crippen LogP contribution in [0.4, 0.5) is 0 Å². The highest BCUT2D eigenvalue weighted by Gasteiger charge is 2.57. The zero-order valence-corrected chi connectivity index (χ0v) is 14.2. The molecule has 2 aromatic rings. The summed E-state index contributed by atoms with van der Waals surface area (Å²) in [5, 5.41) is 8.87. The number of halogens is 1. The number of aromatic nitrogens is 1. The van der Waals surface area contributed by atoms with E-state index in [0.29, 0.717) is 11.8 Å². The molecule has 1 amide bonds. The Morgan fingerprint density at radius 1 is 1.26 bits per heavy atom. The maximum Gasteiger partial charge on any atom is 0.224 e. The molecule has 2 N–H and O–H groups in total. The van der Waals surface area contributed by atoms with Gasteiger partial charge in [-0.3, -0.25) is 9.78 Å². The standard InChI is InChI=1S/C18H21N3O.ClH/c1-18(2,21-17(22)16-13-9-20-10-14(13)16)15-5-3-4-11-8-19-7-6-12(11)15;/h3-8,13-14,16,20H,9-10H2,1-2H3,(H,21,22);1H/t13-,14+,16?;. The first-order valence-corrected chi connectivity index (χ1v) is 7.94. The highest BCUT2D eigenvalue weighted by Crippen LogP contribution is 2.49. The van der Waals surface area contributed by atoms with Crippen molar-refractivity contribution in [1.29, 1.82) is 0 Å². The van der Waals surface area contributed by atoms with Crippen LogP contribution in [-0.2, 0) is 10.3 Å². The van der Waals surface area contributed by atoms with E-state index >= 15 is 0 Å². The fourth-order valence-electron chi connectivity index (χ4n) is 3.93. The maximum absolute atomic E-state index is 12.6. The van der Waals surface area contributed by atoms with Crippen LogP contribution in [0.15, 0.2) is 36.7 Å². The highest BCUT2D eigenvalue weighted by atomic mass is 35.5. The SMILES string of the molecule is CC(C)(NC(=O)C1[C@H]2CNC[C@@H]12)c1cccc2cnccc12.Cl. The number of piperidine rings is 1. The number of hydrogen-bond donors (Lipinski definition) is 2. The Hall–Kier alpha value is -1.65. The predicted molar refractivity (Wildman–Crippen MR) is 93.5 cm³/mol. The van der Waals surface area contributed by atoms with Crippen LogP contribution >= 0.6 is 12.4 Å². The van der Waals surface area contributed by atoms with Crippen molar-refractivity contribution in [2.45, 2.75) is 19.4 Å². The van der Waals surface area contributed by atoms with Crippen LogP contribution in [0, 0.1) is 17.8 Å². The van der Waals surface area contributed by atoms with E-state index in [1.54, 1.807) is 6.20 Å². The molecule has 122 valence electrons. The molecule has 2 aliphatic rings. The van der Waals surface area contributed by atoms with Gasteiger partial charge < -0.3 is 10.6 Å². The molecule has 3 atom stereocenters. The molecule has 0 spiro atoms. The first-order chi connectivity index (χ1) is 10.6. The van der Waals surface area contributed by atoms with Crippen molar-refractivity contribution in [2.24, 2.45) is 17.8 Å². The van der Waals surface area contributed by atoms with E-state index in [9.17, 15) is 4.79 Å². The number of amides is 1. The van der Waals surface area contributed by atoms with Gasteiger partial charge in [-0.2, -0.15) is 0 Å². The van der Waals surface area contributed by atoms with Crippen molar-refractivity contribution in [3.8, 4) is 0 Å². The predicted octanol–water partition coefficient (Wildman–Crippen LogP) is 2.47. The summed E-state index contributed by atoms with van der Waals surface area (Å²) in [7, 11) is 0. The normalized spacial score (nSPS) is 25.6. The lowest BCUT2D eigenvalue weighted by Gasteiger charge is -2.28. The van der Waals surface area contributed by atoms with Gasteiger partial charge in [-0.05, 0) is 55.8 Å². The van der Waals surface area contributed by atoms with Gasteiger partial charge in [-0.1, -0.05) is 18.2 Å². The first-order valence-electron chi connectivity index (χ1n) is 7.94. The monoisotopic (exact) mass is 331 g/mol. The van der Waals surface area contributed by atoms with Crippen LogP contribution in [0.25, 0.3) is 10.8 Å². The summed E-state index contributed by atoms with van der Waals surface area (Å²) in [5.41, 5.74) is 0.757.